The largest absolute Gasteiger partial charge is 0.469 e. The third-order valence-corrected chi connectivity index (χ3v) is 3.20. The van der Waals surface area contributed by atoms with Gasteiger partial charge in [-0.15, -0.1) is 24.0 Å². The minimum atomic E-state index is -0.415. The SMILES string of the molecule is CN=C(NCCc1ccco1)NCc1ccc(F)c(Cl)c1.I. The Balaban J connectivity index is 0.00000242. The van der Waals surface area contributed by atoms with Crippen molar-refractivity contribution in [1.82, 2.24) is 10.6 Å². The maximum atomic E-state index is 13.1. The standard InChI is InChI=1S/C15H17ClFN3O.HI/c1-18-15(19-7-6-12-3-2-8-21-12)20-10-11-4-5-14(17)13(16)9-11;/h2-5,8-9H,6-7,10H2,1H3,(H2,18,19,20);1H. The van der Waals surface area contributed by atoms with Gasteiger partial charge in [-0.25, -0.2) is 4.39 Å². The topological polar surface area (TPSA) is 49.6 Å². The van der Waals surface area contributed by atoms with Crippen LogP contribution in [0, 0.1) is 5.82 Å². The van der Waals surface area contributed by atoms with E-state index < -0.39 is 5.82 Å². The lowest BCUT2D eigenvalue weighted by Gasteiger charge is -2.11. The zero-order chi connectivity index (χ0) is 15.1. The lowest BCUT2D eigenvalue weighted by Crippen LogP contribution is -2.37. The number of hydrogen-bond donors (Lipinski definition) is 2. The number of hydrogen-bond acceptors (Lipinski definition) is 2. The molecule has 0 bridgehead atoms. The van der Waals surface area contributed by atoms with E-state index in [9.17, 15) is 4.39 Å². The fourth-order valence-electron chi connectivity index (χ4n) is 1.81. The average Bonchev–Trinajstić information content (AvgIpc) is 2.99. The molecule has 7 heteroatoms. The van der Waals surface area contributed by atoms with Gasteiger partial charge in [0.1, 0.15) is 11.6 Å². The van der Waals surface area contributed by atoms with Crippen molar-refractivity contribution >= 4 is 41.5 Å². The van der Waals surface area contributed by atoms with E-state index in [1.54, 1.807) is 25.4 Å². The summed E-state index contributed by atoms with van der Waals surface area (Å²) in [5.41, 5.74) is 0.885. The van der Waals surface area contributed by atoms with Gasteiger partial charge in [-0.3, -0.25) is 4.99 Å². The van der Waals surface area contributed by atoms with Gasteiger partial charge in [0, 0.05) is 26.6 Å². The molecule has 2 rings (SSSR count). The number of nitrogens with one attached hydrogen (secondary N) is 2. The second-order valence-electron chi connectivity index (χ2n) is 4.43. The van der Waals surface area contributed by atoms with Crippen LogP contribution >= 0.6 is 35.6 Å². The van der Waals surface area contributed by atoms with E-state index in [0.29, 0.717) is 19.0 Å². The normalized spacial score (nSPS) is 11.0. The number of guanidine groups is 1. The fourth-order valence-corrected chi connectivity index (χ4v) is 2.02. The van der Waals surface area contributed by atoms with Crippen molar-refractivity contribution in [2.45, 2.75) is 13.0 Å². The number of aliphatic imine (C=N–C) groups is 1. The van der Waals surface area contributed by atoms with E-state index in [4.69, 9.17) is 16.0 Å². The summed E-state index contributed by atoms with van der Waals surface area (Å²) in [7, 11) is 1.69. The minimum Gasteiger partial charge on any atom is -0.469 e. The van der Waals surface area contributed by atoms with Crippen LogP contribution < -0.4 is 10.6 Å². The van der Waals surface area contributed by atoms with Gasteiger partial charge < -0.3 is 15.1 Å². The van der Waals surface area contributed by atoms with Crippen LogP contribution in [0.4, 0.5) is 4.39 Å². The molecule has 0 radical (unpaired) electrons. The van der Waals surface area contributed by atoms with Crippen LogP contribution in [-0.2, 0) is 13.0 Å². The highest BCUT2D eigenvalue weighted by Crippen LogP contribution is 2.15. The molecule has 0 amide bonds. The molecule has 0 atom stereocenters. The van der Waals surface area contributed by atoms with Crippen LogP contribution in [0.25, 0.3) is 0 Å². The minimum absolute atomic E-state index is 0. The molecule has 0 aliphatic heterocycles. The van der Waals surface area contributed by atoms with E-state index in [1.807, 2.05) is 12.1 Å². The van der Waals surface area contributed by atoms with Crippen LogP contribution in [0.15, 0.2) is 46.0 Å². The van der Waals surface area contributed by atoms with E-state index >= 15 is 0 Å². The van der Waals surface area contributed by atoms with Gasteiger partial charge in [0.05, 0.1) is 11.3 Å². The highest BCUT2D eigenvalue weighted by atomic mass is 127. The Labute approximate surface area is 151 Å². The molecule has 0 spiro atoms. The van der Waals surface area contributed by atoms with Crippen LogP contribution in [-0.4, -0.2) is 19.6 Å². The summed E-state index contributed by atoms with van der Waals surface area (Å²) in [6, 6.07) is 8.43. The predicted molar refractivity (Wildman–Crippen MR) is 97.4 cm³/mol. The zero-order valence-corrected chi connectivity index (χ0v) is 15.2. The molecule has 0 saturated carbocycles. The molecule has 0 aliphatic carbocycles. The second kappa shape index (κ2) is 9.68. The summed E-state index contributed by atoms with van der Waals surface area (Å²) in [6.45, 7) is 1.22. The second-order valence-corrected chi connectivity index (χ2v) is 4.84. The Kier molecular flexibility index (Phi) is 8.26. The maximum Gasteiger partial charge on any atom is 0.191 e. The molecule has 0 fully saturated rings. The van der Waals surface area contributed by atoms with Crippen molar-refractivity contribution < 1.29 is 8.81 Å². The van der Waals surface area contributed by atoms with Gasteiger partial charge in [-0.1, -0.05) is 17.7 Å². The molecular formula is C15H18ClFIN3O. The zero-order valence-electron chi connectivity index (χ0n) is 12.1. The van der Waals surface area contributed by atoms with Crippen LogP contribution in [0.1, 0.15) is 11.3 Å². The van der Waals surface area contributed by atoms with E-state index in [2.05, 4.69) is 15.6 Å². The summed E-state index contributed by atoms with van der Waals surface area (Å²) in [5, 5.41) is 6.44. The molecule has 1 aromatic carbocycles. The van der Waals surface area contributed by atoms with E-state index in [0.717, 1.165) is 17.7 Å². The van der Waals surface area contributed by atoms with E-state index in [-0.39, 0.29) is 29.0 Å². The van der Waals surface area contributed by atoms with Crippen molar-refractivity contribution in [3.05, 3.63) is 58.8 Å². The summed E-state index contributed by atoms with van der Waals surface area (Å²) >= 11 is 5.74. The number of benzene rings is 1. The van der Waals surface area contributed by atoms with Crippen molar-refractivity contribution in [3.63, 3.8) is 0 Å². The Bertz CT molecular complexity index is 605. The van der Waals surface area contributed by atoms with E-state index in [1.165, 1.54) is 6.07 Å². The van der Waals surface area contributed by atoms with Gasteiger partial charge in [0.2, 0.25) is 0 Å². The van der Waals surface area contributed by atoms with Gasteiger partial charge in [0.15, 0.2) is 5.96 Å². The third-order valence-electron chi connectivity index (χ3n) is 2.91. The number of rotatable bonds is 5. The first-order valence-corrected chi connectivity index (χ1v) is 6.97. The average molecular weight is 438 g/mol. The Morgan fingerprint density at radius 2 is 2.14 bits per heavy atom. The number of nitrogens with zero attached hydrogens (tertiary/aromatic N) is 1. The monoisotopic (exact) mass is 437 g/mol. The molecule has 0 saturated heterocycles. The lowest BCUT2D eigenvalue weighted by atomic mass is 10.2. The van der Waals surface area contributed by atoms with Crippen molar-refractivity contribution in [3.8, 4) is 0 Å². The van der Waals surface area contributed by atoms with Crippen LogP contribution in [0.3, 0.4) is 0 Å². The summed E-state index contributed by atoms with van der Waals surface area (Å²) in [5.74, 6) is 1.17. The first kappa shape index (κ1) is 18.8. The molecule has 22 heavy (non-hydrogen) atoms. The molecule has 2 aromatic rings. The van der Waals surface area contributed by atoms with Crippen LogP contribution in [0.2, 0.25) is 5.02 Å². The van der Waals surface area contributed by atoms with Crippen molar-refractivity contribution in [2.75, 3.05) is 13.6 Å². The molecule has 0 unspecified atom stereocenters. The summed E-state index contributed by atoms with van der Waals surface area (Å²) in [4.78, 5) is 4.12. The number of halogens is 3. The quantitative estimate of drug-likeness (QED) is 0.427. The van der Waals surface area contributed by atoms with Gasteiger partial charge >= 0.3 is 0 Å². The highest BCUT2D eigenvalue weighted by Gasteiger charge is 2.03. The van der Waals surface area contributed by atoms with Gasteiger partial charge in [-0.2, -0.15) is 0 Å². The lowest BCUT2D eigenvalue weighted by molar-refractivity contribution is 0.507. The summed E-state index contributed by atoms with van der Waals surface area (Å²) in [6.07, 6.45) is 2.43. The van der Waals surface area contributed by atoms with Crippen molar-refractivity contribution in [2.24, 2.45) is 4.99 Å². The number of furan rings is 1. The predicted octanol–water partition coefficient (Wildman–Crippen LogP) is 3.60. The first-order chi connectivity index (χ1) is 10.2. The molecular weight excluding hydrogens is 420 g/mol. The van der Waals surface area contributed by atoms with Crippen LogP contribution in [0.5, 0.6) is 0 Å². The van der Waals surface area contributed by atoms with Gasteiger partial charge in [-0.05, 0) is 29.8 Å². The van der Waals surface area contributed by atoms with Crippen molar-refractivity contribution in [1.29, 1.82) is 0 Å². The molecule has 120 valence electrons. The molecule has 2 N–H and O–H groups in total. The smallest absolute Gasteiger partial charge is 0.191 e. The molecule has 1 heterocycles. The first-order valence-electron chi connectivity index (χ1n) is 6.60. The molecule has 0 aliphatic rings. The highest BCUT2D eigenvalue weighted by molar-refractivity contribution is 14.0. The Hall–Kier alpha value is -1.28. The summed E-state index contributed by atoms with van der Waals surface area (Å²) < 4.78 is 18.3. The Morgan fingerprint density at radius 3 is 2.77 bits per heavy atom. The Morgan fingerprint density at radius 1 is 1.32 bits per heavy atom. The van der Waals surface area contributed by atoms with Gasteiger partial charge in [0.25, 0.3) is 0 Å². The molecule has 4 nitrogen and oxygen atoms in total. The maximum absolute atomic E-state index is 13.1. The molecule has 1 aromatic heterocycles. The third kappa shape index (κ3) is 5.84. The fraction of sp³-hybridized carbons (Fsp3) is 0.267.